The van der Waals surface area contributed by atoms with Crippen molar-refractivity contribution >= 4 is 0 Å². The molecule has 3 aromatic rings. The van der Waals surface area contributed by atoms with Crippen molar-refractivity contribution in [2.24, 2.45) is 0 Å². The Balaban J connectivity index is 1.42. The van der Waals surface area contributed by atoms with E-state index in [-0.39, 0.29) is 5.41 Å². The Morgan fingerprint density at radius 2 is 0.839 bits per heavy atom. The molecule has 1 heterocycles. The number of benzene rings is 2. The lowest BCUT2D eigenvalue weighted by molar-refractivity contribution is -0.697. The molecular weight excluding hydrogens is 677 g/mol. The summed E-state index contributed by atoms with van der Waals surface area (Å²) in [6.45, 7) is 8.30. The number of imidazole rings is 1. The fourth-order valence-electron chi connectivity index (χ4n) is 9.33. The number of hydrogen-bond acceptors (Lipinski definition) is 0. The zero-order valence-corrected chi connectivity index (χ0v) is 37.5. The number of aryl methyl sites for hydroxylation is 1. The topological polar surface area (TPSA) is 8.81 Å². The fraction of sp³-hybridized carbons (Fsp3) is 0.722. The lowest BCUT2D eigenvalue weighted by Gasteiger charge is -2.37. The zero-order chi connectivity index (χ0) is 39.6. The molecule has 0 aliphatic carbocycles. The molecule has 0 amide bonds. The van der Waals surface area contributed by atoms with Crippen LogP contribution in [0, 0.1) is 0 Å². The van der Waals surface area contributed by atoms with Gasteiger partial charge in [-0.25, -0.2) is 9.13 Å². The first-order chi connectivity index (χ1) is 27.7. The third kappa shape index (κ3) is 21.4. The van der Waals surface area contributed by atoms with Gasteiger partial charge in [0, 0.05) is 5.41 Å². The first-order valence-electron chi connectivity index (χ1n) is 24.8. The van der Waals surface area contributed by atoms with Gasteiger partial charge in [0.15, 0.2) is 0 Å². The Labute approximate surface area is 349 Å². The molecule has 2 heteroatoms. The van der Waals surface area contributed by atoms with Gasteiger partial charge in [0.05, 0.1) is 6.54 Å². The van der Waals surface area contributed by atoms with Crippen LogP contribution in [0.5, 0.6) is 0 Å². The van der Waals surface area contributed by atoms with Crippen molar-refractivity contribution in [2.45, 2.75) is 251 Å². The smallest absolute Gasteiger partial charge is 0.237 e. The van der Waals surface area contributed by atoms with E-state index >= 15 is 0 Å². The highest BCUT2D eigenvalue weighted by Crippen LogP contribution is 2.41. The molecule has 0 aliphatic rings. The Morgan fingerprint density at radius 3 is 1.27 bits per heavy atom. The zero-order valence-electron chi connectivity index (χ0n) is 37.5. The molecule has 316 valence electrons. The summed E-state index contributed by atoms with van der Waals surface area (Å²) in [4.78, 5) is 0. The van der Waals surface area contributed by atoms with Crippen LogP contribution in [0.3, 0.4) is 0 Å². The predicted octanol–water partition coefficient (Wildman–Crippen LogP) is 17.0. The number of unbranched alkanes of at least 4 members (excludes halogenated alkanes) is 29. The van der Waals surface area contributed by atoms with Gasteiger partial charge < -0.3 is 0 Å². The van der Waals surface area contributed by atoms with Crippen LogP contribution in [0.4, 0.5) is 0 Å². The van der Waals surface area contributed by atoms with E-state index in [9.17, 15) is 0 Å². The van der Waals surface area contributed by atoms with Crippen LogP contribution >= 0.6 is 0 Å². The van der Waals surface area contributed by atoms with Crippen molar-refractivity contribution in [2.75, 3.05) is 0 Å². The minimum atomic E-state index is 0.00386. The van der Waals surface area contributed by atoms with Gasteiger partial charge in [0.1, 0.15) is 18.4 Å². The van der Waals surface area contributed by atoms with Gasteiger partial charge in [0.25, 0.3) is 0 Å². The lowest BCUT2D eigenvalue weighted by Crippen LogP contribution is -2.38. The van der Waals surface area contributed by atoms with Crippen molar-refractivity contribution in [3.05, 3.63) is 90.5 Å². The van der Waals surface area contributed by atoms with Gasteiger partial charge in [-0.2, -0.15) is 0 Å². The largest absolute Gasteiger partial charge is 0.244 e. The van der Waals surface area contributed by atoms with Crippen LogP contribution < -0.4 is 4.57 Å². The molecule has 2 nitrogen and oxygen atoms in total. The van der Waals surface area contributed by atoms with Gasteiger partial charge in [-0.05, 0) is 43.2 Å². The molecule has 0 spiro atoms. The third-order valence-electron chi connectivity index (χ3n) is 13.0. The summed E-state index contributed by atoms with van der Waals surface area (Å²) in [5, 5.41) is 0. The van der Waals surface area contributed by atoms with Crippen LogP contribution in [0.1, 0.15) is 243 Å². The van der Waals surface area contributed by atoms with Crippen LogP contribution in [0.15, 0.2) is 79.4 Å². The minimum Gasteiger partial charge on any atom is -0.237 e. The average Bonchev–Trinajstić information content (AvgIpc) is 3.69. The summed E-state index contributed by atoms with van der Waals surface area (Å²) >= 11 is 0. The van der Waals surface area contributed by atoms with Gasteiger partial charge in [-0.3, -0.25) is 0 Å². The Morgan fingerprint density at radius 1 is 0.464 bits per heavy atom. The Kier molecular flexibility index (Phi) is 27.9. The predicted molar refractivity (Wildman–Crippen MR) is 247 cm³/mol. The van der Waals surface area contributed by atoms with Crippen LogP contribution in [0.25, 0.3) is 0 Å². The first-order valence-corrected chi connectivity index (χ1v) is 24.8. The SMILES string of the molecule is CCCCCCCCCCCCCCCCCCC[n+]1ccn(C(CCCCCCCCCCCCCCCC)C(C)(Cc2ccccc2)c2ccccc2)c1. The maximum absolute atomic E-state index is 2.60. The Bertz CT molecular complexity index is 1260. The van der Waals surface area contributed by atoms with Crippen LogP contribution in [-0.4, -0.2) is 4.57 Å². The highest BCUT2D eigenvalue weighted by molar-refractivity contribution is 5.31. The molecule has 2 aromatic carbocycles. The summed E-state index contributed by atoms with van der Waals surface area (Å²) in [6, 6.07) is 23.1. The van der Waals surface area contributed by atoms with Gasteiger partial charge in [-0.1, -0.05) is 261 Å². The van der Waals surface area contributed by atoms with E-state index in [1.807, 2.05) is 0 Å². The van der Waals surface area contributed by atoms with Crippen molar-refractivity contribution in [1.82, 2.24) is 4.57 Å². The molecule has 0 bridgehead atoms. The molecule has 0 radical (unpaired) electrons. The third-order valence-corrected chi connectivity index (χ3v) is 13.0. The van der Waals surface area contributed by atoms with E-state index in [0.717, 1.165) is 13.0 Å². The number of aromatic nitrogens is 2. The molecule has 0 N–H and O–H groups in total. The van der Waals surface area contributed by atoms with E-state index in [0.29, 0.717) is 6.04 Å². The minimum absolute atomic E-state index is 0.00386. The molecular formula is C54H91N2+. The van der Waals surface area contributed by atoms with Gasteiger partial charge >= 0.3 is 0 Å². The quantitative estimate of drug-likeness (QED) is 0.0406. The maximum atomic E-state index is 2.60. The van der Waals surface area contributed by atoms with Crippen LogP contribution in [-0.2, 0) is 18.4 Å². The second kappa shape index (κ2) is 32.6. The maximum Gasteiger partial charge on any atom is 0.244 e. The normalized spacial score (nSPS) is 13.3. The van der Waals surface area contributed by atoms with E-state index in [4.69, 9.17) is 0 Å². The van der Waals surface area contributed by atoms with Crippen molar-refractivity contribution < 1.29 is 4.57 Å². The molecule has 0 aliphatic heterocycles. The van der Waals surface area contributed by atoms with Gasteiger partial charge in [-0.15, -0.1) is 0 Å². The monoisotopic (exact) mass is 768 g/mol. The summed E-state index contributed by atoms with van der Waals surface area (Å²) in [5.74, 6) is 0. The van der Waals surface area contributed by atoms with Crippen molar-refractivity contribution in [3.8, 4) is 0 Å². The highest BCUT2D eigenvalue weighted by atomic mass is 15.1. The second-order valence-corrected chi connectivity index (χ2v) is 18.1. The molecule has 0 saturated carbocycles. The number of nitrogens with zero attached hydrogens (tertiary/aromatic N) is 2. The molecule has 2 unspecified atom stereocenters. The van der Waals surface area contributed by atoms with E-state index in [1.165, 1.54) is 217 Å². The van der Waals surface area contributed by atoms with Crippen molar-refractivity contribution in [3.63, 3.8) is 0 Å². The highest BCUT2D eigenvalue weighted by Gasteiger charge is 2.40. The summed E-state index contributed by atoms with van der Waals surface area (Å²) in [7, 11) is 0. The van der Waals surface area contributed by atoms with E-state index in [2.05, 4.69) is 109 Å². The van der Waals surface area contributed by atoms with Gasteiger partial charge in [0.2, 0.25) is 6.33 Å². The summed E-state index contributed by atoms with van der Waals surface area (Å²) in [6.07, 6.45) is 53.5. The molecule has 56 heavy (non-hydrogen) atoms. The molecule has 0 fully saturated rings. The van der Waals surface area contributed by atoms with E-state index < -0.39 is 0 Å². The summed E-state index contributed by atoms with van der Waals surface area (Å²) in [5.41, 5.74) is 2.91. The summed E-state index contributed by atoms with van der Waals surface area (Å²) < 4.78 is 5.09. The van der Waals surface area contributed by atoms with E-state index in [1.54, 1.807) is 0 Å². The number of rotatable bonds is 38. The Hall–Kier alpha value is -2.35. The number of hydrogen-bond donors (Lipinski definition) is 0. The standard InChI is InChI=1S/C54H91N2/c1-4-6-8-10-12-14-16-18-20-21-22-24-26-28-30-32-40-46-55-47-48-56(50-55)53(45-39-31-29-27-25-23-19-17-15-13-11-9-7-5-2)54(3,52-43-37-34-38-44-52)49-51-41-35-33-36-42-51/h33-38,41-44,47-48,50,53H,4-32,39-40,45-46,49H2,1-3H3/q+1. The van der Waals surface area contributed by atoms with Crippen molar-refractivity contribution in [1.29, 1.82) is 0 Å². The first kappa shape index (κ1) is 48.0. The second-order valence-electron chi connectivity index (χ2n) is 18.1. The average molecular weight is 768 g/mol. The fourth-order valence-corrected chi connectivity index (χ4v) is 9.33. The lowest BCUT2D eigenvalue weighted by atomic mass is 9.70. The molecule has 1 aromatic heterocycles. The molecule has 2 atom stereocenters. The molecule has 3 rings (SSSR count). The molecule has 0 saturated heterocycles. The van der Waals surface area contributed by atoms with Crippen LogP contribution in [0.2, 0.25) is 0 Å².